The summed E-state index contributed by atoms with van der Waals surface area (Å²) < 4.78 is 58.9. The molecule has 0 atom stereocenters. The minimum absolute atomic E-state index is 0. The molecule has 9 rings (SSSR count). The van der Waals surface area contributed by atoms with Crippen LogP contribution in [-0.2, 0) is 29.6 Å². The van der Waals surface area contributed by atoms with Gasteiger partial charge in [-0.2, -0.15) is 13.2 Å². The molecule has 0 aromatic heterocycles. The summed E-state index contributed by atoms with van der Waals surface area (Å²) in [6, 6.07) is 71.8. The third kappa shape index (κ3) is 11.9. The van der Waals surface area contributed by atoms with Crippen LogP contribution in [0.2, 0.25) is 0 Å². The Balaban J connectivity index is 0.000000329. The van der Waals surface area contributed by atoms with Crippen molar-refractivity contribution in [2.24, 2.45) is 0 Å². The number of halogens is 3. The van der Waals surface area contributed by atoms with Crippen LogP contribution < -0.4 is 31.8 Å². The van der Waals surface area contributed by atoms with Gasteiger partial charge in [-0.15, -0.1) is 0 Å². The van der Waals surface area contributed by atoms with Crippen LogP contribution in [0, 0.1) is 0 Å². The SMILES string of the molecule is C1=C\CC/C=C\CC/1.O=S(=O)([O-])C(F)(F)F.[Rh].c1ccc(P(c2ccccc2)c2ccc3ccccc3c2-c2c(P(c3ccccc3)c3ccccc3)ccc3ccccc23)cc1. The van der Waals surface area contributed by atoms with Gasteiger partial charge >= 0.3 is 5.51 Å². The van der Waals surface area contributed by atoms with Gasteiger partial charge in [0.1, 0.15) is 0 Å². The smallest absolute Gasteiger partial charge is 0.485 e. The van der Waals surface area contributed by atoms with Crippen LogP contribution in [0.25, 0.3) is 32.7 Å². The second-order valence-electron chi connectivity index (χ2n) is 14.4. The van der Waals surface area contributed by atoms with E-state index in [1.165, 1.54) is 90.2 Å². The predicted octanol–water partition coefficient (Wildman–Crippen LogP) is 11.9. The molecule has 10 heteroatoms. The van der Waals surface area contributed by atoms with Crippen LogP contribution in [0.1, 0.15) is 25.7 Å². The van der Waals surface area contributed by atoms with Gasteiger partial charge in [0.05, 0.1) is 0 Å². The summed E-state index contributed by atoms with van der Waals surface area (Å²) in [6.45, 7) is 0. The van der Waals surface area contributed by atoms with Crippen molar-refractivity contribution in [3.05, 3.63) is 218 Å². The summed E-state index contributed by atoms with van der Waals surface area (Å²) in [4.78, 5) is 0. The fourth-order valence-corrected chi connectivity index (χ4v) is 12.4. The zero-order valence-corrected chi connectivity index (χ0v) is 38.4. The molecular formula is C53H44F3O3P2RhS-. The van der Waals surface area contributed by atoms with Gasteiger partial charge in [0.15, 0.2) is 10.1 Å². The Labute approximate surface area is 383 Å². The second-order valence-corrected chi connectivity index (χ2v) is 20.1. The first kappa shape index (κ1) is 47.4. The first-order chi connectivity index (χ1) is 30.1. The van der Waals surface area contributed by atoms with E-state index >= 15 is 0 Å². The maximum atomic E-state index is 10.7. The molecule has 0 aliphatic heterocycles. The van der Waals surface area contributed by atoms with Gasteiger partial charge in [0.25, 0.3) is 0 Å². The number of hydrogen-bond donors (Lipinski definition) is 0. The Morgan fingerprint density at radius 1 is 0.397 bits per heavy atom. The standard InChI is InChI=1S/C44H32P2.C8H12.CHF3O3S.Rh/c1-5-19-35(20-6-1)45(36-21-7-2-8-22-36)41-31-29-33-17-13-15-27-39(33)43(41)44-40-28-16-14-18-34(40)30-32-42(44)46(37-23-9-3-10-24-37)38-25-11-4-12-26-38;1-2-4-6-8-7-5-3-1;2-1(3,4)8(5,6)7;/h1-32H;1-2,7-8H,3-6H2;(H,5,6,7);/p-1/b;2-1-,8-7-;;. The molecule has 0 N–H and O–H groups in total. The topological polar surface area (TPSA) is 57.2 Å². The normalized spacial score (nSPS) is 13.7. The third-order valence-corrected chi connectivity index (χ3v) is 15.8. The summed E-state index contributed by atoms with van der Waals surface area (Å²) >= 11 is 0. The minimum Gasteiger partial charge on any atom is -0.741 e. The number of hydrogen-bond acceptors (Lipinski definition) is 3. The Morgan fingerprint density at radius 3 is 0.921 bits per heavy atom. The number of rotatable bonds is 7. The summed E-state index contributed by atoms with van der Waals surface area (Å²) in [7, 11) is -7.79. The molecule has 0 saturated carbocycles. The van der Waals surface area contributed by atoms with E-state index in [0.29, 0.717) is 0 Å². The number of allylic oxidation sites excluding steroid dienone is 4. The fraction of sp³-hybridized carbons (Fsp3) is 0.0943. The molecule has 8 aromatic rings. The van der Waals surface area contributed by atoms with E-state index in [1.54, 1.807) is 0 Å². The quantitative estimate of drug-likeness (QED) is 0.0526. The van der Waals surface area contributed by atoms with Gasteiger partial charge in [-0.1, -0.05) is 218 Å². The first-order valence-electron chi connectivity index (χ1n) is 20.3. The molecule has 0 saturated heterocycles. The van der Waals surface area contributed by atoms with E-state index in [1.807, 2.05) is 0 Å². The Bertz CT molecular complexity index is 2610. The minimum atomic E-state index is -6.09. The van der Waals surface area contributed by atoms with E-state index in [2.05, 4.69) is 218 Å². The number of alkyl halides is 3. The van der Waals surface area contributed by atoms with Crippen molar-refractivity contribution in [3.8, 4) is 11.1 Å². The molecule has 0 heterocycles. The van der Waals surface area contributed by atoms with E-state index in [-0.39, 0.29) is 19.5 Å². The van der Waals surface area contributed by atoms with Crippen LogP contribution in [-0.4, -0.2) is 18.5 Å². The van der Waals surface area contributed by atoms with Crippen molar-refractivity contribution in [2.45, 2.75) is 31.2 Å². The molecular weight excluding hydrogens is 938 g/mol. The molecule has 0 amide bonds. The Kier molecular flexibility index (Phi) is 17.0. The van der Waals surface area contributed by atoms with Crippen molar-refractivity contribution in [2.75, 3.05) is 0 Å². The van der Waals surface area contributed by atoms with Crippen molar-refractivity contribution in [1.82, 2.24) is 0 Å². The zero-order chi connectivity index (χ0) is 43.4. The Morgan fingerprint density at radius 2 is 0.651 bits per heavy atom. The van der Waals surface area contributed by atoms with Gasteiger partial charge in [0.2, 0.25) is 0 Å². The third-order valence-electron chi connectivity index (χ3n) is 10.2. The fourth-order valence-electron chi connectivity index (χ4n) is 7.44. The van der Waals surface area contributed by atoms with Crippen LogP contribution in [0.5, 0.6) is 0 Å². The molecule has 1 aliphatic rings. The number of benzene rings is 8. The average molecular weight is 983 g/mol. The Hall–Kier alpha value is -5.06. The van der Waals surface area contributed by atoms with E-state index < -0.39 is 31.5 Å². The summed E-state index contributed by atoms with van der Waals surface area (Å²) in [5.74, 6) is 0. The predicted molar refractivity (Wildman–Crippen MR) is 257 cm³/mol. The van der Waals surface area contributed by atoms with E-state index in [4.69, 9.17) is 13.0 Å². The number of fused-ring (bicyclic) bond motifs is 2. The van der Waals surface area contributed by atoms with Crippen molar-refractivity contribution in [3.63, 3.8) is 0 Å². The molecule has 1 radical (unpaired) electrons. The molecule has 0 fully saturated rings. The molecule has 0 unspecified atom stereocenters. The molecule has 0 bridgehead atoms. The van der Waals surface area contributed by atoms with Crippen molar-refractivity contribution in [1.29, 1.82) is 0 Å². The van der Waals surface area contributed by atoms with Gasteiger partial charge in [0, 0.05) is 19.5 Å². The molecule has 321 valence electrons. The molecule has 3 nitrogen and oxygen atoms in total. The maximum absolute atomic E-state index is 10.7. The van der Waals surface area contributed by atoms with Crippen LogP contribution in [0.15, 0.2) is 218 Å². The summed E-state index contributed by atoms with van der Waals surface area (Å²) in [5.41, 5.74) is -2.95. The maximum Gasteiger partial charge on any atom is 0.485 e. The van der Waals surface area contributed by atoms with Gasteiger partial charge < -0.3 is 4.55 Å². The second kappa shape index (κ2) is 22.5. The van der Waals surface area contributed by atoms with Gasteiger partial charge in [-0.3, -0.25) is 0 Å². The van der Waals surface area contributed by atoms with Crippen LogP contribution in [0.3, 0.4) is 0 Å². The first-order valence-corrected chi connectivity index (χ1v) is 24.4. The molecule has 8 aromatic carbocycles. The molecule has 1 aliphatic carbocycles. The van der Waals surface area contributed by atoms with Crippen molar-refractivity contribution < 1.29 is 45.6 Å². The monoisotopic (exact) mass is 982 g/mol. The van der Waals surface area contributed by atoms with Gasteiger partial charge in [-0.05, 0) is 106 Å². The van der Waals surface area contributed by atoms with E-state index in [9.17, 15) is 13.2 Å². The summed E-state index contributed by atoms with van der Waals surface area (Å²) in [6.07, 6.45) is 14.0. The average Bonchev–Trinajstić information content (AvgIpc) is 3.28. The van der Waals surface area contributed by atoms with Crippen LogP contribution in [0.4, 0.5) is 13.2 Å². The van der Waals surface area contributed by atoms with Crippen molar-refractivity contribution >= 4 is 79.3 Å². The summed E-state index contributed by atoms with van der Waals surface area (Å²) in [5, 5.41) is 13.3. The molecule has 63 heavy (non-hydrogen) atoms. The zero-order valence-electron chi connectivity index (χ0n) is 34.1. The largest absolute Gasteiger partial charge is 0.741 e. The molecule has 0 spiro atoms. The van der Waals surface area contributed by atoms with Gasteiger partial charge in [-0.25, -0.2) is 8.42 Å². The van der Waals surface area contributed by atoms with E-state index in [0.717, 1.165) is 0 Å². The van der Waals surface area contributed by atoms with Crippen LogP contribution >= 0.6 is 15.8 Å².